The zero-order valence-electron chi connectivity index (χ0n) is 14.1. The van der Waals surface area contributed by atoms with Crippen molar-refractivity contribution in [3.63, 3.8) is 0 Å². The Morgan fingerprint density at radius 2 is 1.92 bits per heavy atom. The van der Waals surface area contributed by atoms with Gasteiger partial charge in [-0.25, -0.2) is 4.79 Å². The molecule has 1 spiro atoms. The lowest BCUT2D eigenvalue weighted by Crippen LogP contribution is -2.50. The number of nitrogens with two attached hydrogens (primary N) is 1. The van der Waals surface area contributed by atoms with Gasteiger partial charge in [-0.1, -0.05) is 19.3 Å². The molecule has 1 atom stereocenters. The third-order valence-electron chi connectivity index (χ3n) is 5.58. The lowest BCUT2D eigenvalue weighted by Gasteiger charge is -2.35. The number of rotatable bonds is 5. The molecule has 1 unspecified atom stereocenters. The topological polar surface area (TPSA) is 95.7 Å². The first kappa shape index (κ1) is 19.0. The molecule has 0 aromatic rings. The molecule has 0 bridgehead atoms. The van der Waals surface area contributed by atoms with E-state index in [1.807, 2.05) is 0 Å². The lowest BCUT2D eigenvalue weighted by molar-refractivity contribution is -0.137. The van der Waals surface area contributed by atoms with Crippen molar-refractivity contribution in [2.75, 3.05) is 20.1 Å². The number of imide groups is 1. The molecule has 7 nitrogen and oxygen atoms in total. The van der Waals surface area contributed by atoms with Gasteiger partial charge in [0.2, 0.25) is 5.91 Å². The highest BCUT2D eigenvalue weighted by Crippen LogP contribution is 2.39. The van der Waals surface area contributed by atoms with Crippen LogP contribution in [0.3, 0.4) is 0 Å². The highest BCUT2D eigenvalue weighted by Gasteiger charge is 2.55. The quantitative estimate of drug-likeness (QED) is 0.712. The summed E-state index contributed by atoms with van der Waals surface area (Å²) in [5.74, 6) is -0.0628. The Labute approximate surface area is 148 Å². The second-order valence-corrected chi connectivity index (χ2v) is 7.07. The summed E-state index contributed by atoms with van der Waals surface area (Å²) in [7, 11) is 1.68. The van der Waals surface area contributed by atoms with Crippen molar-refractivity contribution in [1.82, 2.24) is 15.1 Å². The van der Waals surface area contributed by atoms with Crippen molar-refractivity contribution < 1.29 is 14.4 Å². The molecule has 24 heavy (non-hydrogen) atoms. The average Bonchev–Trinajstić information content (AvgIpc) is 3.38. The van der Waals surface area contributed by atoms with Gasteiger partial charge in [-0.2, -0.15) is 0 Å². The standard InChI is InChI=1S/C16H26N4O3.ClH/c1-19-15(23)20(14(22)16(19)7-3-2-4-8-16)10-13(21)18-12(9-17)11-5-6-11;/h11-12H,2-10,17H2,1H3,(H,18,21);1H. The molecule has 0 radical (unpaired) electrons. The number of hydrogen-bond donors (Lipinski definition) is 2. The molecular formula is C16H27ClN4O3. The van der Waals surface area contributed by atoms with E-state index < -0.39 is 5.54 Å². The van der Waals surface area contributed by atoms with Gasteiger partial charge in [0.15, 0.2) is 0 Å². The number of carbonyl (C=O) groups is 3. The third kappa shape index (κ3) is 3.24. The predicted molar refractivity (Wildman–Crippen MR) is 91.6 cm³/mol. The molecule has 1 aliphatic heterocycles. The van der Waals surface area contributed by atoms with Gasteiger partial charge in [0.25, 0.3) is 5.91 Å². The number of likely N-dealkylation sites (N-methyl/N-ethyl adjacent to an activating group) is 1. The van der Waals surface area contributed by atoms with E-state index in [4.69, 9.17) is 5.73 Å². The minimum absolute atomic E-state index is 0. The molecule has 2 aliphatic carbocycles. The molecule has 3 rings (SSSR count). The Bertz CT molecular complexity index is 517. The number of urea groups is 1. The Hall–Kier alpha value is -1.34. The maximum atomic E-state index is 12.8. The van der Waals surface area contributed by atoms with Gasteiger partial charge in [0.1, 0.15) is 12.1 Å². The van der Waals surface area contributed by atoms with Crippen LogP contribution >= 0.6 is 12.4 Å². The van der Waals surface area contributed by atoms with Gasteiger partial charge in [-0.3, -0.25) is 14.5 Å². The van der Waals surface area contributed by atoms with Gasteiger partial charge in [0, 0.05) is 19.6 Å². The number of amides is 4. The highest BCUT2D eigenvalue weighted by atomic mass is 35.5. The molecule has 2 saturated carbocycles. The Morgan fingerprint density at radius 1 is 1.29 bits per heavy atom. The van der Waals surface area contributed by atoms with Crippen molar-refractivity contribution in [2.45, 2.75) is 56.5 Å². The van der Waals surface area contributed by atoms with E-state index in [0.717, 1.165) is 37.0 Å². The molecule has 1 heterocycles. The molecule has 3 N–H and O–H groups in total. The molecule has 136 valence electrons. The first-order chi connectivity index (χ1) is 11.0. The summed E-state index contributed by atoms with van der Waals surface area (Å²) in [5.41, 5.74) is 4.97. The second kappa shape index (κ2) is 7.27. The summed E-state index contributed by atoms with van der Waals surface area (Å²) in [4.78, 5) is 40.1. The summed E-state index contributed by atoms with van der Waals surface area (Å²) in [6, 6.07) is -0.403. The zero-order valence-corrected chi connectivity index (χ0v) is 14.9. The van der Waals surface area contributed by atoms with Crippen LogP contribution in [-0.4, -0.2) is 59.4 Å². The van der Waals surface area contributed by atoms with E-state index >= 15 is 0 Å². The summed E-state index contributed by atoms with van der Waals surface area (Å²) in [5, 5.41) is 2.87. The number of nitrogens with one attached hydrogen (secondary N) is 1. The van der Waals surface area contributed by atoms with Crippen molar-refractivity contribution in [3.05, 3.63) is 0 Å². The Morgan fingerprint density at radius 3 is 2.46 bits per heavy atom. The van der Waals surface area contributed by atoms with Gasteiger partial charge in [-0.05, 0) is 31.6 Å². The number of nitrogens with zero attached hydrogens (tertiary/aromatic N) is 2. The normalized spacial score (nSPS) is 24.1. The van der Waals surface area contributed by atoms with Crippen LogP contribution in [0.1, 0.15) is 44.9 Å². The average molecular weight is 359 g/mol. The van der Waals surface area contributed by atoms with Gasteiger partial charge >= 0.3 is 6.03 Å². The molecule has 0 aromatic carbocycles. The maximum absolute atomic E-state index is 12.8. The lowest BCUT2D eigenvalue weighted by atomic mass is 9.81. The highest BCUT2D eigenvalue weighted by molar-refractivity contribution is 6.08. The maximum Gasteiger partial charge on any atom is 0.327 e. The van der Waals surface area contributed by atoms with Crippen LogP contribution in [0.4, 0.5) is 4.79 Å². The van der Waals surface area contributed by atoms with E-state index in [1.165, 1.54) is 0 Å². The summed E-state index contributed by atoms with van der Waals surface area (Å²) in [6.07, 6.45) is 6.53. The molecule has 3 aliphatic rings. The minimum Gasteiger partial charge on any atom is -0.350 e. The molecule has 1 saturated heterocycles. The van der Waals surface area contributed by atoms with Crippen molar-refractivity contribution in [2.24, 2.45) is 11.7 Å². The minimum atomic E-state index is -0.723. The second-order valence-electron chi connectivity index (χ2n) is 7.07. The van der Waals surface area contributed by atoms with Crippen LogP contribution in [0.5, 0.6) is 0 Å². The Kier molecular flexibility index (Phi) is 5.75. The van der Waals surface area contributed by atoms with Crippen molar-refractivity contribution in [1.29, 1.82) is 0 Å². The van der Waals surface area contributed by atoms with Crippen LogP contribution in [0, 0.1) is 5.92 Å². The van der Waals surface area contributed by atoms with Crippen LogP contribution in [-0.2, 0) is 9.59 Å². The van der Waals surface area contributed by atoms with Gasteiger partial charge in [-0.15, -0.1) is 12.4 Å². The van der Waals surface area contributed by atoms with Gasteiger partial charge in [0.05, 0.1) is 0 Å². The fourth-order valence-electron chi connectivity index (χ4n) is 3.93. The summed E-state index contributed by atoms with van der Waals surface area (Å²) in [6.45, 7) is 0.190. The Balaban J connectivity index is 0.00000208. The summed E-state index contributed by atoms with van der Waals surface area (Å²) < 4.78 is 0. The smallest absolute Gasteiger partial charge is 0.327 e. The number of hydrogen-bond acceptors (Lipinski definition) is 4. The molecule has 8 heteroatoms. The predicted octanol–water partition coefficient (Wildman–Crippen LogP) is 0.859. The van der Waals surface area contributed by atoms with E-state index in [0.29, 0.717) is 25.3 Å². The number of carbonyl (C=O) groups excluding carboxylic acids is 3. The van der Waals surface area contributed by atoms with E-state index in [-0.39, 0.29) is 42.8 Å². The molecule has 0 aromatic heterocycles. The molecular weight excluding hydrogens is 332 g/mol. The van der Waals surface area contributed by atoms with Gasteiger partial charge < -0.3 is 16.0 Å². The van der Waals surface area contributed by atoms with Crippen LogP contribution < -0.4 is 11.1 Å². The van der Waals surface area contributed by atoms with E-state index in [2.05, 4.69) is 5.32 Å². The number of halogens is 1. The van der Waals surface area contributed by atoms with Crippen LogP contribution in [0.15, 0.2) is 0 Å². The third-order valence-corrected chi connectivity index (χ3v) is 5.58. The van der Waals surface area contributed by atoms with Crippen LogP contribution in [0.2, 0.25) is 0 Å². The SMILES string of the molecule is CN1C(=O)N(CC(=O)NC(CN)C2CC2)C(=O)C12CCCCC2.Cl. The first-order valence-corrected chi connectivity index (χ1v) is 8.59. The monoisotopic (exact) mass is 358 g/mol. The van der Waals surface area contributed by atoms with Crippen molar-refractivity contribution in [3.8, 4) is 0 Å². The zero-order chi connectivity index (χ0) is 16.6. The largest absolute Gasteiger partial charge is 0.350 e. The van der Waals surface area contributed by atoms with Crippen LogP contribution in [0.25, 0.3) is 0 Å². The fourth-order valence-corrected chi connectivity index (χ4v) is 3.93. The first-order valence-electron chi connectivity index (χ1n) is 8.59. The summed E-state index contributed by atoms with van der Waals surface area (Å²) >= 11 is 0. The fraction of sp³-hybridized carbons (Fsp3) is 0.812. The van der Waals surface area contributed by atoms with Crippen molar-refractivity contribution >= 4 is 30.3 Å². The molecule has 4 amide bonds. The molecule has 3 fully saturated rings. The van der Waals surface area contributed by atoms with E-state index in [1.54, 1.807) is 11.9 Å². The van der Waals surface area contributed by atoms with E-state index in [9.17, 15) is 14.4 Å².